The zero-order valence-electron chi connectivity index (χ0n) is 12.8. The number of halogens is 1. The highest BCUT2D eigenvalue weighted by atomic mass is 35.5. The van der Waals surface area contributed by atoms with Gasteiger partial charge in [0.15, 0.2) is 6.61 Å². The summed E-state index contributed by atoms with van der Waals surface area (Å²) in [5, 5.41) is 11.7. The molecule has 5 heteroatoms. The highest BCUT2D eigenvalue weighted by Crippen LogP contribution is 2.30. The van der Waals surface area contributed by atoms with Crippen molar-refractivity contribution in [1.82, 2.24) is 5.32 Å². The predicted molar refractivity (Wildman–Crippen MR) is 90.2 cm³/mol. The number of amides is 1. The lowest BCUT2D eigenvalue weighted by Gasteiger charge is -2.10. The molecule has 0 saturated heterocycles. The van der Waals surface area contributed by atoms with Crippen LogP contribution in [0.3, 0.4) is 0 Å². The average molecular weight is 329 g/mol. The maximum Gasteiger partial charge on any atom is 0.257 e. The van der Waals surface area contributed by atoms with Crippen molar-refractivity contribution in [3.05, 3.63) is 53.6 Å². The van der Waals surface area contributed by atoms with Crippen LogP contribution in [0.5, 0.6) is 5.75 Å². The Balaban J connectivity index is 1.94. The van der Waals surface area contributed by atoms with E-state index in [9.17, 15) is 4.79 Å². The number of hydrogen-bond donors (Lipinski definition) is 1. The first-order chi connectivity index (χ1) is 11.1. The van der Waals surface area contributed by atoms with Crippen LogP contribution in [-0.4, -0.2) is 19.1 Å². The third-order valence-corrected chi connectivity index (χ3v) is 3.52. The molecule has 0 aliphatic carbocycles. The molecule has 0 bridgehead atoms. The number of nitrogens with one attached hydrogen (secondary N) is 1. The summed E-state index contributed by atoms with van der Waals surface area (Å²) in [6, 6.07) is 17.4. The summed E-state index contributed by atoms with van der Waals surface area (Å²) in [5.74, 6) is -0.0576. The highest BCUT2D eigenvalue weighted by Gasteiger charge is 2.08. The maximum absolute atomic E-state index is 11.6. The molecule has 0 aliphatic rings. The molecule has 0 fully saturated rings. The van der Waals surface area contributed by atoms with E-state index >= 15 is 0 Å². The number of nitrogens with zero attached hydrogens (tertiary/aromatic N) is 1. The van der Waals surface area contributed by atoms with Gasteiger partial charge in [0.05, 0.1) is 17.0 Å². The van der Waals surface area contributed by atoms with E-state index in [1.54, 1.807) is 13.0 Å². The van der Waals surface area contributed by atoms with Crippen LogP contribution in [0.1, 0.15) is 6.92 Å². The van der Waals surface area contributed by atoms with Gasteiger partial charge in [-0.2, -0.15) is 5.26 Å². The molecule has 0 radical (unpaired) electrons. The van der Waals surface area contributed by atoms with Crippen molar-refractivity contribution in [3.63, 3.8) is 0 Å². The van der Waals surface area contributed by atoms with E-state index in [1.165, 1.54) is 0 Å². The number of nitriles is 1. The Morgan fingerprint density at radius 2 is 2.00 bits per heavy atom. The van der Waals surface area contributed by atoms with E-state index < -0.39 is 0 Å². The first-order valence-electron chi connectivity index (χ1n) is 7.24. The van der Waals surface area contributed by atoms with E-state index in [1.807, 2.05) is 48.5 Å². The van der Waals surface area contributed by atoms with Gasteiger partial charge in [-0.1, -0.05) is 48.0 Å². The van der Waals surface area contributed by atoms with Gasteiger partial charge in [0, 0.05) is 6.54 Å². The van der Waals surface area contributed by atoms with Crippen LogP contribution in [0, 0.1) is 17.2 Å². The summed E-state index contributed by atoms with van der Waals surface area (Å²) in [7, 11) is 0. The van der Waals surface area contributed by atoms with Gasteiger partial charge in [-0.15, -0.1) is 0 Å². The Labute approximate surface area is 140 Å². The van der Waals surface area contributed by atoms with Gasteiger partial charge >= 0.3 is 0 Å². The molecule has 1 unspecified atom stereocenters. The van der Waals surface area contributed by atoms with Gasteiger partial charge in [-0.3, -0.25) is 4.79 Å². The molecular weight excluding hydrogens is 312 g/mol. The van der Waals surface area contributed by atoms with E-state index in [0.29, 0.717) is 17.3 Å². The Hall–Kier alpha value is -2.51. The van der Waals surface area contributed by atoms with E-state index in [4.69, 9.17) is 21.6 Å². The van der Waals surface area contributed by atoms with Crippen molar-refractivity contribution in [2.24, 2.45) is 5.92 Å². The van der Waals surface area contributed by atoms with Crippen LogP contribution in [0.4, 0.5) is 0 Å². The number of ether oxygens (including phenoxy) is 1. The van der Waals surface area contributed by atoms with Gasteiger partial charge < -0.3 is 10.1 Å². The number of carbonyl (C=O) groups excluding carboxylic acids is 1. The van der Waals surface area contributed by atoms with Gasteiger partial charge in [-0.05, 0) is 30.2 Å². The summed E-state index contributed by atoms with van der Waals surface area (Å²) in [6.45, 7) is 1.90. The third-order valence-electron chi connectivity index (χ3n) is 3.22. The fourth-order valence-corrected chi connectivity index (χ4v) is 2.17. The van der Waals surface area contributed by atoms with Crippen molar-refractivity contribution in [3.8, 4) is 22.9 Å². The maximum atomic E-state index is 11.6. The van der Waals surface area contributed by atoms with Crippen LogP contribution in [-0.2, 0) is 4.79 Å². The number of rotatable bonds is 6. The quantitative estimate of drug-likeness (QED) is 0.880. The van der Waals surface area contributed by atoms with Crippen molar-refractivity contribution in [2.75, 3.05) is 13.2 Å². The molecular formula is C18H17ClN2O2. The second-order valence-electron chi connectivity index (χ2n) is 5.13. The fraction of sp³-hybridized carbons (Fsp3) is 0.222. The van der Waals surface area contributed by atoms with Crippen molar-refractivity contribution < 1.29 is 9.53 Å². The molecule has 2 aromatic rings. The normalized spacial score (nSPS) is 11.3. The molecule has 1 atom stereocenters. The largest absolute Gasteiger partial charge is 0.482 e. The molecule has 0 heterocycles. The molecule has 0 aliphatic heterocycles. The Morgan fingerprint density at radius 1 is 1.26 bits per heavy atom. The van der Waals surface area contributed by atoms with Gasteiger partial charge in [0.1, 0.15) is 5.75 Å². The zero-order valence-corrected chi connectivity index (χ0v) is 13.5. The van der Waals surface area contributed by atoms with Crippen LogP contribution >= 0.6 is 11.6 Å². The summed E-state index contributed by atoms with van der Waals surface area (Å²) < 4.78 is 5.43. The molecule has 1 amide bonds. The van der Waals surface area contributed by atoms with Crippen molar-refractivity contribution in [2.45, 2.75) is 6.92 Å². The predicted octanol–water partition coefficient (Wildman–Crippen LogP) is 3.66. The lowest BCUT2D eigenvalue weighted by atomic mass is 10.1. The molecule has 0 saturated carbocycles. The minimum Gasteiger partial charge on any atom is -0.482 e. The first-order valence-corrected chi connectivity index (χ1v) is 7.62. The minimum absolute atomic E-state index is 0.136. The molecule has 118 valence electrons. The fourth-order valence-electron chi connectivity index (χ4n) is 1.93. The summed E-state index contributed by atoms with van der Waals surface area (Å²) in [6.07, 6.45) is 0. The molecule has 2 aromatic carbocycles. The molecule has 0 aromatic heterocycles. The summed E-state index contributed by atoms with van der Waals surface area (Å²) in [4.78, 5) is 11.6. The van der Waals surface area contributed by atoms with E-state index in [-0.39, 0.29) is 18.4 Å². The zero-order chi connectivity index (χ0) is 16.7. The lowest BCUT2D eigenvalue weighted by Crippen LogP contribution is -2.32. The Morgan fingerprint density at radius 3 is 2.65 bits per heavy atom. The van der Waals surface area contributed by atoms with Crippen LogP contribution in [0.25, 0.3) is 11.1 Å². The number of hydrogen-bond acceptors (Lipinski definition) is 3. The molecule has 1 N–H and O–H groups in total. The smallest absolute Gasteiger partial charge is 0.257 e. The molecule has 0 spiro atoms. The van der Waals surface area contributed by atoms with Crippen LogP contribution < -0.4 is 10.1 Å². The van der Waals surface area contributed by atoms with Gasteiger partial charge in [0.25, 0.3) is 5.91 Å². The van der Waals surface area contributed by atoms with Crippen molar-refractivity contribution >= 4 is 17.5 Å². The lowest BCUT2D eigenvalue weighted by molar-refractivity contribution is -0.123. The van der Waals surface area contributed by atoms with Gasteiger partial charge in [-0.25, -0.2) is 0 Å². The summed E-state index contributed by atoms with van der Waals surface area (Å²) >= 11 is 6.21. The monoisotopic (exact) mass is 328 g/mol. The SMILES string of the molecule is CC(C#N)CNC(=O)COc1ccc(-c2ccccc2)cc1Cl. The Kier molecular flexibility index (Phi) is 6.02. The van der Waals surface area contributed by atoms with Crippen LogP contribution in [0.15, 0.2) is 48.5 Å². The molecule has 23 heavy (non-hydrogen) atoms. The minimum atomic E-state index is -0.282. The topological polar surface area (TPSA) is 62.1 Å². The molecule has 4 nitrogen and oxygen atoms in total. The number of carbonyl (C=O) groups is 1. The van der Waals surface area contributed by atoms with Gasteiger partial charge in [0.2, 0.25) is 0 Å². The molecule has 2 rings (SSSR count). The second kappa shape index (κ2) is 8.21. The second-order valence-corrected chi connectivity index (χ2v) is 5.54. The third kappa shape index (κ3) is 5.01. The number of benzene rings is 2. The average Bonchev–Trinajstić information content (AvgIpc) is 2.59. The summed E-state index contributed by atoms with van der Waals surface area (Å²) in [5.41, 5.74) is 2.04. The van der Waals surface area contributed by atoms with E-state index in [0.717, 1.165) is 11.1 Å². The first kappa shape index (κ1) is 16.9. The standard InChI is InChI=1S/C18H17ClN2O2/c1-13(10-20)11-21-18(22)12-23-17-8-7-15(9-16(17)19)14-5-3-2-4-6-14/h2-9,13H,11-12H2,1H3,(H,21,22). The van der Waals surface area contributed by atoms with Crippen molar-refractivity contribution in [1.29, 1.82) is 5.26 Å². The Bertz CT molecular complexity index is 711. The van der Waals surface area contributed by atoms with E-state index in [2.05, 4.69) is 5.32 Å². The highest BCUT2D eigenvalue weighted by molar-refractivity contribution is 6.32. The van der Waals surface area contributed by atoms with Crippen LogP contribution in [0.2, 0.25) is 5.02 Å².